The second-order valence-electron chi connectivity index (χ2n) is 4.81. The van der Waals surface area contributed by atoms with Crippen molar-refractivity contribution in [2.75, 3.05) is 12.9 Å². The fourth-order valence-electron chi connectivity index (χ4n) is 2.29. The number of hydrogen-bond acceptors (Lipinski definition) is 7. The Bertz CT molecular complexity index is 612. The average Bonchev–Trinajstić information content (AvgIpc) is 3.13. The Hall–Kier alpha value is -1.34. The minimum absolute atomic E-state index is 0.229. The van der Waals surface area contributed by atoms with Gasteiger partial charge in [0.15, 0.2) is 0 Å². The number of ether oxygens (including phenoxy) is 1. The highest BCUT2D eigenvalue weighted by molar-refractivity contribution is 7.99. The third-order valence-corrected chi connectivity index (χ3v) is 5.42. The van der Waals surface area contributed by atoms with Gasteiger partial charge in [-0.3, -0.25) is 4.79 Å². The van der Waals surface area contributed by atoms with Crippen molar-refractivity contribution in [3.8, 4) is 10.8 Å². The summed E-state index contributed by atoms with van der Waals surface area (Å²) < 4.78 is 10.3. The van der Waals surface area contributed by atoms with E-state index in [-0.39, 0.29) is 5.97 Å². The van der Waals surface area contributed by atoms with Crippen LogP contribution in [-0.4, -0.2) is 29.0 Å². The summed E-state index contributed by atoms with van der Waals surface area (Å²) in [5.41, 5.74) is 1.43. The smallest absolute Gasteiger partial charge is 0.306 e. The third kappa shape index (κ3) is 3.47. The molecule has 5 nitrogen and oxygen atoms in total. The van der Waals surface area contributed by atoms with Crippen LogP contribution >= 0.6 is 23.1 Å². The van der Waals surface area contributed by atoms with Gasteiger partial charge in [0, 0.05) is 10.6 Å². The molecule has 0 atom stereocenters. The molecule has 7 heteroatoms. The van der Waals surface area contributed by atoms with Crippen molar-refractivity contribution in [2.24, 2.45) is 0 Å². The first kappa shape index (κ1) is 14.6. The Morgan fingerprint density at radius 1 is 1.43 bits per heavy atom. The molecule has 1 aliphatic carbocycles. The van der Waals surface area contributed by atoms with E-state index < -0.39 is 0 Å². The van der Waals surface area contributed by atoms with Gasteiger partial charge in [-0.1, -0.05) is 11.8 Å². The molecule has 0 spiro atoms. The number of aromatic nitrogens is 2. The maximum absolute atomic E-state index is 11.0. The van der Waals surface area contributed by atoms with E-state index in [0.717, 1.165) is 17.7 Å². The Morgan fingerprint density at radius 3 is 3.10 bits per heavy atom. The van der Waals surface area contributed by atoms with Crippen molar-refractivity contribution < 1.29 is 13.9 Å². The number of thioether (sulfide) groups is 1. The first-order chi connectivity index (χ1) is 10.3. The summed E-state index contributed by atoms with van der Waals surface area (Å²) in [4.78, 5) is 13.5. The molecule has 2 aromatic heterocycles. The average molecular weight is 324 g/mol. The van der Waals surface area contributed by atoms with Crippen LogP contribution < -0.4 is 0 Å². The van der Waals surface area contributed by atoms with Crippen LogP contribution in [0, 0.1) is 0 Å². The zero-order chi connectivity index (χ0) is 14.7. The minimum atomic E-state index is -0.229. The van der Waals surface area contributed by atoms with E-state index in [1.807, 2.05) is 0 Å². The zero-order valence-electron chi connectivity index (χ0n) is 11.8. The van der Waals surface area contributed by atoms with Gasteiger partial charge in [0.25, 0.3) is 11.1 Å². The maximum atomic E-state index is 11.0. The second kappa shape index (κ2) is 6.62. The summed E-state index contributed by atoms with van der Waals surface area (Å²) in [5, 5.41) is 8.63. The molecular formula is C14H16N2O3S2. The number of methoxy groups -OCH3 is 1. The Balaban J connectivity index is 1.64. The molecule has 0 amide bonds. The molecule has 21 heavy (non-hydrogen) atoms. The van der Waals surface area contributed by atoms with Gasteiger partial charge in [0.1, 0.15) is 0 Å². The predicted molar refractivity (Wildman–Crippen MR) is 81.6 cm³/mol. The molecule has 0 aromatic carbocycles. The molecule has 0 bridgehead atoms. The summed E-state index contributed by atoms with van der Waals surface area (Å²) in [6.45, 7) is 0. The van der Waals surface area contributed by atoms with Gasteiger partial charge in [-0.15, -0.1) is 21.5 Å². The molecule has 0 saturated carbocycles. The van der Waals surface area contributed by atoms with Crippen molar-refractivity contribution >= 4 is 29.1 Å². The summed E-state index contributed by atoms with van der Waals surface area (Å²) in [7, 11) is 1.39. The summed E-state index contributed by atoms with van der Waals surface area (Å²) in [6.07, 6.45) is 5.19. The van der Waals surface area contributed by atoms with Crippen LogP contribution in [-0.2, 0) is 22.4 Å². The topological polar surface area (TPSA) is 65.2 Å². The Labute approximate surface area is 131 Å². The van der Waals surface area contributed by atoms with Crippen LogP contribution in [0.5, 0.6) is 0 Å². The van der Waals surface area contributed by atoms with Gasteiger partial charge in [-0.05, 0) is 37.3 Å². The van der Waals surface area contributed by atoms with Gasteiger partial charge in [-0.2, -0.15) is 0 Å². The number of carbonyl (C=O) groups is 1. The van der Waals surface area contributed by atoms with Crippen LogP contribution in [0.4, 0.5) is 0 Å². The van der Waals surface area contributed by atoms with Gasteiger partial charge in [0.2, 0.25) is 0 Å². The molecule has 0 radical (unpaired) electrons. The molecule has 0 saturated heterocycles. The highest BCUT2D eigenvalue weighted by atomic mass is 32.2. The van der Waals surface area contributed by atoms with Crippen molar-refractivity contribution in [1.82, 2.24) is 10.2 Å². The van der Waals surface area contributed by atoms with Gasteiger partial charge >= 0.3 is 5.97 Å². The van der Waals surface area contributed by atoms with Crippen LogP contribution in [0.15, 0.2) is 15.7 Å². The highest BCUT2D eigenvalue weighted by Gasteiger charge is 2.17. The number of esters is 1. The summed E-state index contributed by atoms with van der Waals surface area (Å²) in [5.74, 6) is 0.929. The normalized spacial score (nSPS) is 14.0. The molecule has 0 fully saturated rings. The number of rotatable bonds is 5. The quantitative estimate of drug-likeness (QED) is 0.621. The summed E-state index contributed by atoms with van der Waals surface area (Å²) in [6, 6.07) is 2.18. The number of fused-ring (bicyclic) bond motifs is 1. The number of hydrogen-bond donors (Lipinski definition) is 0. The lowest BCUT2D eigenvalue weighted by atomic mass is 9.99. The van der Waals surface area contributed by atoms with Gasteiger partial charge < -0.3 is 9.15 Å². The molecule has 2 heterocycles. The van der Waals surface area contributed by atoms with Crippen molar-refractivity contribution in [2.45, 2.75) is 37.3 Å². The molecule has 0 N–H and O–H groups in total. The molecule has 3 rings (SSSR count). The van der Waals surface area contributed by atoms with E-state index in [1.54, 1.807) is 11.3 Å². The largest absolute Gasteiger partial charge is 0.469 e. The Kier molecular flexibility index (Phi) is 4.60. The number of aryl methyl sites for hydroxylation is 2. The van der Waals surface area contributed by atoms with E-state index in [0.29, 0.717) is 23.3 Å². The van der Waals surface area contributed by atoms with E-state index in [1.165, 1.54) is 42.2 Å². The molecular weight excluding hydrogens is 308 g/mol. The molecule has 0 aliphatic heterocycles. The van der Waals surface area contributed by atoms with E-state index in [9.17, 15) is 4.79 Å². The van der Waals surface area contributed by atoms with Gasteiger partial charge in [-0.25, -0.2) is 0 Å². The van der Waals surface area contributed by atoms with Crippen LogP contribution in [0.3, 0.4) is 0 Å². The van der Waals surface area contributed by atoms with Crippen LogP contribution in [0.25, 0.3) is 10.8 Å². The van der Waals surface area contributed by atoms with Crippen molar-refractivity contribution in [1.29, 1.82) is 0 Å². The molecule has 112 valence electrons. The highest BCUT2D eigenvalue weighted by Crippen LogP contribution is 2.35. The molecule has 1 aliphatic rings. The van der Waals surface area contributed by atoms with Crippen LogP contribution in [0.2, 0.25) is 0 Å². The van der Waals surface area contributed by atoms with E-state index >= 15 is 0 Å². The third-order valence-electron chi connectivity index (χ3n) is 3.37. The first-order valence-electron chi connectivity index (χ1n) is 6.91. The minimum Gasteiger partial charge on any atom is -0.469 e. The fourth-order valence-corrected chi connectivity index (χ4v) is 4.14. The van der Waals surface area contributed by atoms with Crippen molar-refractivity contribution in [3.05, 3.63) is 16.5 Å². The van der Waals surface area contributed by atoms with E-state index in [4.69, 9.17) is 4.42 Å². The molecule has 2 aromatic rings. The number of carbonyl (C=O) groups excluding carboxylic acids is 1. The number of nitrogens with zero attached hydrogens (tertiary/aromatic N) is 2. The zero-order valence-corrected chi connectivity index (χ0v) is 13.4. The Morgan fingerprint density at radius 2 is 2.29 bits per heavy atom. The van der Waals surface area contributed by atoms with Gasteiger partial charge in [0.05, 0.1) is 18.4 Å². The SMILES string of the molecule is COC(=O)CCSc1nnc(-c2cc3c(s2)CCCC3)o1. The second-order valence-corrected chi connectivity index (χ2v) is 7.00. The lowest BCUT2D eigenvalue weighted by molar-refractivity contribution is -0.140. The lowest BCUT2D eigenvalue weighted by Gasteiger charge is -2.08. The predicted octanol–water partition coefficient (Wildman–Crippen LogP) is 3.33. The standard InChI is InChI=1S/C14H16N2O3S2/c1-18-12(17)6-7-20-14-16-15-13(19-14)11-8-9-4-2-3-5-10(9)21-11/h8H,2-7H2,1H3. The fraction of sp³-hybridized carbons (Fsp3) is 0.500. The molecule has 0 unspecified atom stereocenters. The lowest BCUT2D eigenvalue weighted by Crippen LogP contribution is -2.00. The van der Waals surface area contributed by atoms with Crippen LogP contribution in [0.1, 0.15) is 29.7 Å². The summed E-state index contributed by atoms with van der Waals surface area (Å²) >= 11 is 3.13. The maximum Gasteiger partial charge on any atom is 0.306 e. The monoisotopic (exact) mass is 324 g/mol. The first-order valence-corrected chi connectivity index (χ1v) is 8.71. The van der Waals surface area contributed by atoms with Crippen molar-refractivity contribution in [3.63, 3.8) is 0 Å². The van der Waals surface area contributed by atoms with E-state index in [2.05, 4.69) is 21.0 Å². The number of thiophene rings is 1.